The predicted molar refractivity (Wildman–Crippen MR) is 94.5 cm³/mol. The van der Waals surface area contributed by atoms with Crippen molar-refractivity contribution in [1.29, 1.82) is 0 Å². The summed E-state index contributed by atoms with van der Waals surface area (Å²) in [4.78, 5) is 0. The second-order valence-corrected chi connectivity index (χ2v) is 6.06. The Morgan fingerprint density at radius 1 is 0.708 bits per heavy atom. The van der Waals surface area contributed by atoms with Gasteiger partial charge in [0.05, 0.1) is 51.0 Å². The van der Waals surface area contributed by atoms with Crippen LogP contribution in [0.25, 0.3) is 0 Å². The lowest BCUT2D eigenvalue weighted by Crippen LogP contribution is -2.12. The third-order valence-electron chi connectivity index (χ3n) is 3.35. The Kier molecular flexibility index (Phi) is 20.5. The van der Waals surface area contributed by atoms with Crippen LogP contribution in [0.4, 0.5) is 0 Å². The average molecular weight is 366 g/mol. The van der Waals surface area contributed by atoms with E-state index < -0.39 is 11.4 Å². The summed E-state index contributed by atoms with van der Waals surface area (Å²) in [5.41, 5.74) is 0. The monoisotopic (exact) mass is 365 g/mol. The quantitative estimate of drug-likeness (QED) is 0.187. The highest BCUT2D eigenvalue weighted by Crippen LogP contribution is 2.08. The van der Waals surface area contributed by atoms with Crippen LogP contribution in [0, 0.1) is 0 Å². The van der Waals surface area contributed by atoms with Crippen molar-refractivity contribution in [2.75, 3.05) is 46.2 Å². The molecule has 7 heteroatoms. The molecule has 0 radical (unpaired) electrons. The van der Waals surface area contributed by atoms with Crippen molar-refractivity contribution >= 4 is 11.4 Å². The molecular formula is C17H33O6S-. The van der Waals surface area contributed by atoms with E-state index in [1.807, 2.05) is 6.08 Å². The Morgan fingerprint density at radius 2 is 1.17 bits per heavy atom. The molecule has 0 aliphatic heterocycles. The van der Waals surface area contributed by atoms with Gasteiger partial charge < -0.3 is 18.8 Å². The molecule has 0 spiro atoms. The van der Waals surface area contributed by atoms with Crippen molar-refractivity contribution in [3.05, 3.63) is 12.7 Å². The molecule has 0 aromatic rings. The van der Waals surface area contributed by atoms with Crippen LogP contribution in [0.15, 0.2) is 12.7 Å². The SMILES string of the molecule is C=CCCCCCCCCCOCCOCCOCCOS(=O)[O-]. The Morgan fingerprint density at radius 3 is 1.71 bits per heavy atom. The van der Waals surface area contributed by atoms with Crippen LogP contribution in [0.3, 0.4) is 0 Å². The molecule has 144 valence electrons. The molecule has 0 aliphatic carbocycles. The van der Waals surface area contributed by atoms with E-state index in [0.717, 1.165) is 19.4 Å². The maximum Gasteiger partial charge on any atom is 0.0862 e. The molecule has 0 N–H and O–H groups in total. The van der Waals surface area contributed by atoms with Gasteiger partial charge in [0.2, 0.25) is 0 Å². The largest absolute Gasteiger partial charge is 0.750 e. The highest BCUT2D eigenvalue weighted by Gasteiger charge is 1.94. The Labute approximate surface area is 149 Å². The van der Waals surface area contributed by atoms with Gasteiger partial charge in [-0.1, -0.05) is 38.2 Å². The van der Waals surface area contributed by atoms with E-state index in [2.05, 4.69) is 10.8 Å². The topological polar surface area (TPSA) is 77.0 Å². The Hall–Kier alpha value is -0.310. The van der Waals surface area contributed by atoms with Crippen LogP contribution >= 0.6 is 0 Å². The smallest absolute Gasteiger partial charge is 0.0862 e. The summed E-state index contributed by atoms with van der Waals surface area (Å²) in [6.07, 6.45) is 12.0. The minimum Gasteiger partial charge on any atom is -0.750 e. The lowest BCUT2D eigenvalue weighted by atomic mass is 10.1. The van der Waals surface area contributed by atoms with Gasteiger partial charge in [-0.05, 0) is 19.3 Å². The minimum absolute atomic E-state index is 0.0358. The van der Waals surface area contributed by atoms with Gasteiger partial charge in [0, 0.05) is 6.61 Å². The van der Waals surface area contributed by atoms with Gasteiger partial charge in [0.25, 0.3) is 0 Å². The summed E-state index contributed by atoms with van der Waals surface area (Å²) in [6.45, 7) is 6.83. The zero-order chi connectivity index (χ0) is 17.7. The van der Waals surface area contributed by atoms with Gasteiger partial charge >= 0.3 is 0 Å². The molecule has 0 bridgehead atoms. The van der Waals surface area contributed by atoms with Crippen molar-refractivity contribution in [1.82, 2.24) is 0 Å². The second-order valence-electron chi connectivity index (χ2n) is 5.42. The molecule has 0 rings (SSSR count). The van der Waals surface area contributed by atoms with Gasteiger partial charge in [-0.25, -0.2) is 4.21 Å². The number of allylic oxidation sites excluding steroid dienone is 1. The van der Waals surface area contributed by atoms with Gasteiger partial charge in [-0.15, -0.1) is 6.58 Å². The third kappa shape index (κ3) is 21.7. The van der Waals surface area contributed by atoms with Crippen molar-refractivity contribution in [3.8, 4) is 0 Å². The molecule has 1 atom stereocenters. The average Bonchev–Trinajstić information content (AvgIpc) is 2.56. The fraction of sp³-hybridized carbons (Fsp3) is 0.882. The van der Waals surface area contributed by atoms with Crippen molar-refractivity contribution < 1.29 is 27.2 Å². The molecule has 24 heavy (non-hydrogen) atoms. The van der Waals surface area contributed by atoms with Crippen LogP contribution in [0.5, 0.6) is 0 Å². The predicted octanol–water partition coefficient (Wildman–Crippen LogP) is 3.15. The normalized spacial score (nSPS) is 12.4. The summed E-state index contributed by atoms with van der Waals surface area (Å²) in [5, 5.41) is 0. The first-order chi connectivity index (χ1) is 11.8. The summed E-state index contributed by atoms with van der Waals surface area (Å²) in [5.74, 6) is 0. The maximum atomic E-state index is 10.1. The molecule has 0 aromatic carbocycles. The van der Waals surface area contributed by atoms with Gasteiger partial charge in [0.15, 0.2) is 0 Å². The summed E-state index contributed by atoms with van der Waals surface area (Å²) in [7, 11) is 0. The molecule has 0 heterocycles. The van der Waals surface area contributed by atoms with Crippen molar-refractivity contribution in [2.24, 2.45) is 0 Å². The molecule has 0 amide bonds. The molecule has 0 aliphatic rings. The first kappa shape index (κ1) is 23.7. The lowest BCUT2D eigenvalue weighted by molar-refractivity contribution is 0.00899. The zero-order valence-electron chi connectivity index (χ0n) is 14.7. The summed E-state index contributed by atoms with van der Waals surface area (Å²) in [6, 6.07) is 0. The van der Waals surface area contributed by atoms with E-state index in [1.165, 1.54) is 38.5 Å². The fourth-order valence-electron chi connectivity index (χ4n) is 2.08. The van der Waals surface area contributed by atoms with Crippen LogP contribution in [0.1, 0.15) is 51.4 Å². The molecule has 0 aromatic heterocycles. The summed E-state index contributed by atoms with van der Waals surface area (Å²) >= 11 is -2.47. The van der Waals surface area contributed by atoms with E-state index in [4.69, 9.17) is 14.2 Å². The van der Waals surface area contributed by atoms with Crippen LogP contribution in [-0.4, -0.2) is 55.0 Å². The zero-order valence-corrected chi connectivity index (χ0v) is 15.6. The van der Waals surface area contributed by atoms with E-state index in [0.29, 0.717) is 26.4 Å². The summed E-state index contributed by atoms with van der Waals surface area (Å²) < 4.78 is 40.4. The molecule has 0 saturated carbocycles. The van der Waals surface area contributed by atoms with E-state index in [1.54, 1.807) is 0 Å². The van der Waals surface area contributed by atoms with Crippen LogP contribution < -0.4 is 0 Å². The van der Waals surface area contributed by atoms with Crippen LogP contribution in [-0.2, 0) is 29.8 Å². The fourth-order valence-corrected chi connectivity index (χ4v) is 2.28. The highest BCUT2D eigenvalue weighted by atomic mass is 32.2. The number of ether oxygens (including phenoxy) is 3. The molecule has 0 fully saturated rings. The standard InChI is InChI=1S/C17H34O6S/c1-2-3-4-5-6-7-8-9-10-11-20-12-13-21-14-15-22-16-17-23-24(18)19/h2H,1,3-17H2,(H,18,19)/p-1. The van der Waals surface area contributed by atoms with E-state index in [-0.39, 0.29) is 13.2 Å². The number of rotatable bonds is 20. The van der Waals surface area contributed by atoms with Crippen molar-refractivity contribution in [3.63, 3.8) is 0 Å². The number of hydrogen-bond acceptors (Lipinski definition) is 6. The third-order valence-corrected chi connectivity index (χ3v) is 3.71. The first-order valence-corrected chi connectivity index (χ1v) is 9.84. The number of hydrogen-bond donors (Lipinski definition) is 0. The molecule has 0 saturated heterocycles. The lowest BCUT2D eigenvalue weighted by Gasteiger charge is -2.08. The first-order valence-electron chi connectivity index (χ1n) is 8.84. The molecule has 1 unspecified atom stereocenters. The number of unbranched alkanes of at least 4 members (excludes halogenated alkanes) is 7. The Balaban J connectivity index is 2.98. The minimum atomic E-state index is -2.47. The van der Waals surface area contributed by atoms with E-state index in [9.17, 15) is 8.76 Å². The molecule has 6 nitrogen and oxygen atoms in total. The Bertz CT molecular complexity index is 288. The van der Waals surface area contributed by atoms with Crippen LogP contribution in [0.2, 0.25) is 0 Å². The maximum absolute atomic E-state index is 10.1. The highest BCUT2D eigenvalue weighted by molar-refractivity contribution is 7.74. The van der Waals surface area contributed by atoms with Gasteiger partial charge in [-0.2, -0.15) is 0 Å². The van der Waals surface area contributed by atoms with E-state index >= 15 is 0 Å². The van der Waals surface area contributed by atoms with Gasteiger partial charge in [0.1, 0.15) is 0 Å². The molecular weight excluding hydrogens is 332 g/mol. The second kappa shape index (κ2) is 20.7. The van der Waals surface area contributed by atoms with Crippen molar-refractivity contribution in [2.45, 2.75) is 51.4 Å². The van der Waals surface area contributed by atoms with Gasteiger partial charge in [-0.3, -0.25) is 4.18 Å².